The molecule has 0 radical (unpaired) electrons. The lowest BCUT2D eigenvalue weighted by atomic mass is 9.87. The average molecular weight is 421 g/mol. The summed E-state index contributed by atoms with van der Waals surface area (Å²) in [6.07, 6.45) is 0.919. The summed E-state index contributed by atoms with van der Waals surface area (Å²) in [5.41, 5.74) is 13.9. The van der Waals surface area contributed by atoms with E-state index in [1.54, 1.807) is 6.07 Å². The summed E-state index contributed by atoms with van der Waals surface area (Å²) < 4.78 is 11.9. The van der Waals surface area contributed by atoms with E-state index in [9.17, 15) is 14.4 Å². The van der Waals surface area contributed by atoms with Crippen molar-refractivity contribution in [2.24, 2.45) is 11.5 Å². The van der Waals surface area contributed by atoms with Crippen LogP contribution in [0.5, 0.6) is 0 Å². The van der Waals surface area contributed by atoms with Gasteiger partial charge in [0.05, 0.1) is 25.7 Å². The highest BCUT2D eigenvalue weighted by molar-refractivity contribution is 6.19. The number of primary amides is 1. The molecular weight excluding hydrogens is 398 g/mol. The largest absolute Gasteiger partial charge is 0.368 e. The highest BCUT2D eigenvalue weighted by atomic mass is 16.8. The Hall–Kier alpha value is -2.91. The predicted molar refractivity (Wildman–Crippen MR) is 111 cm³/mol. The van der Waals surface area contributed by atoms with Gasteiger partial charge in [-0.15, -0.1) is 0 Å². The van der Waals surface area contributed by atoms with Gasteiger partial charge in [0.15, 0.2) is 11.6 Å². The number of fused-ring (bicyclic) bond motifs is 3. The van der Waals surface area contributed by atoms with E-state index in [0.717, 1.165) is 23.1 Å². The molecule has 2 fully saturated rings. The van der Waals surface area contributed by atoms with E-state index in [4.69, 9.17) is 20.9 Å². The molecule has 3 unspecified atom stereocenters. The van der Waals surface area contributed by atoms with E-state index in [2.05, 4.69) is 11.4 Å². The maximum absolute atomic E-state index is 13.6. The molecule has 5 rings (SSSR count). The number of carbonyl (C=O) groups is 3. The van der Waals surface area contributed by atoms with E-state index in [1.165, 1.54) is 5.56 Å². The van der Waals surface area contributed by atoms with Gasteiger partial charge >= 0.3 is 0 Å². The number of amides is 1. The third kappa shape index (κ3) is 3.02. The van der Waals surface area contributed by atoms with Gasteiger partial charge in [-0.2, -0.15) is 0 Å². The number of nitrogens with two attached hydrogens (primary N) is 2. The Kier molecular flexibility index (Phi) is 4.56. The van der Waals surface area contributed by atoms with Crippen LogP contribution in [0.1, 0.15) is 27.9 Å². The van der Waals surface area contributed by atoms with E-state index in [1.807, 2.05) is 30.3 Å². The van der Waals surface area contributed by atoms with Crippen LogP contribution in [0, 0.1) is 0 Å². The lowest BCUT2D eigenvalue weighted by Crippen LogP contribution is -2.53. The Balaban J connectivity index is 1.50. The van der Waals surface area contributed by atoms with Crippen molar-refractivity contribution in [3.63, 3.8) is 0 Å². The maximum atomic E-state index is 13.6. The van der Waals surface area contributed by atoms with Gasteiger partial charge in [0.2, 0.25) is 17.3 Å². The van der Waals surface area contributed by atoms with Gasteiger partial charge < -0.3 is 26.3 Å². The van der Waals surface area contributed by atoms with E-state index in [0.29, 0.717) is 5.56 Å². The number of nitrogens with one attached hydrogen (secondary N) is 1. The van der Waals surface area contributed by atoms with Crippen LogP contribution in [0.2, 0.25) is 0 Å². The monoisotopic (exact) mass is 421 g/mol. The van der Waals surface area contributed by atoms with Gasteiger partial charge in [-0.25, -0.2) is 0 Å². The fraction of sp³-hybridized carbons (Fsp3) is 0.348. The molecule has 1 spiro atoms. The lowest BCUT2D eigenvalue weighted by molar-refractivity contribution is -0.172. The van der Waals surface area contributed by atoms with Gasteiger partial charge in [-0.05, 0) is 34.7 Å². The second-order valence-corrected chi connectivity index (χ2v) is 8.33. The summed E-state index contributed by atoms with van der Waals surface area (Å²) in [5.74, 6) is -2.87. The van der Waals surface area contributed by atoms with Crippen molar-refractivity contribution in [3.05, 3.63) is 59.2 Å². The molecule has 2 saturated heterocycles. The van der Waals surface area contributed by atoms with Crippen molar-refractivity contribution >= 4 is 17.5 Å². The minimum atomic E-state index is -1.85. The van der Waals surface area contributed by atoms with Crippen molar-refractivity contribution < 1.29 is 23.9 Å². The van der Waals surface area contributed by atoms with E-state index in [-0.39, 0.29) is 26.1 Å². The number of ketones is 2. The Morgan fingerprint density at radius 2 is 1.87 bits per heavy atom. The van der Waals surface area contributed by atoms with Crippen molar-refractivity contribution in [1.82, 2.24) is 5.32 Å². The Morgan fingerprint density at radius 1 is 1.10 bits per heavy atom. The minimum absolute atomic E-state index is 0.118. The molecule has 0 aromatic heterocycles. The summed E-state index contributed by atoms with van der Waals surface area (Å²) in [6.45, 7) is -0.487. The summed E-state index contributed by atoms with van der Waals surface area (Å²) in [6, 6.07) is 12.8. The third-order valence-electron chi connectivity index (χ3n) is 6.44. The van der Waals surface area contributed by atoms with Crippen LogP contribution < -0.4 is 16.8 Å². The smallest absolute Gasteiger partial charge is 0.234 e. The highest BCUT2D eigenvalue weighted by Crippen LogP contribution is 2.41. The summed E-state index contributed by atoms with van der Waals surface area (Å²) >= 11 is 0. The first-order valence-corrected chi connectivity index (χ1v) is 10.2. The normalized spacial score (nSPS) is 28.5. The Labute approximate surface area is 178 Å². The first kappa shape index (κ1) is 20.0. The highest BCUT2D eigenvalue weighted by Gasteiger charge is 2.61. The zero-order valence-corrected chi connectivity index (χ0v) is 16.9. The third-order valence-corrected chi connectivity index (χ3v) is 6.44. The summed E-state index contributed by atoms with van der Waals surface area (Å²) in [4.78, 5) is 38.1. The van der Waals surface area contributed by atoms with Crippen LogP contribution in [0.25, 0.3) is 11.1 Å². The Morgan fingerprint density at radius 3 is 2.61 bits per heavy atom. The average Bonchev–Trinajstić information content (AvgIpc) is 3.48. The van der Waals surface area contributed by atoms with Gasteiger partial charge in [0.25, 0.3) is 0 Å². The number of carbonyl (C=O) groups excluding carboxylic acids is 3. The van der Waals surface area contributed by atoms with Crippen LogP contribution in [-0.4, -0.2) is 54.6 Å². The molecule has 0 bridgehead atoms. The van der Waals surface area contributed by atoms with Gasteiger partial charge in [0.1, 0.15) is 0 Å². The van der Waals surface area contributed by atoms with Crippen molar-refractivity contribution in [1.29, 1.82) is 0 Å². The predicted octanol–water partition coefficient (Wildman–Crippen LogP) is 0.297. The number of ether oxygens (including phenoxy) is 2. The number of hydrogen-bond acceptors (Lipinski definition) is 7. The maximum Gasteiger partial charge on any atom is 0.234 e. The van der Waals surface area contributed by atoms with Gasteiger partial charge in [-0.3, -0.25) is 14.4 Å². The SMILES string of the molecule is NCC(=O)C1(C(=O)c2ccc3c(c2)-c2ccccc2C3)COC2(CNC(C(N)=O)C2)O1. The minimum Gasteiger partial charge on any atom is -0.368 e. The van der Waals surface area contributed by atoms with Gasteiger partial charge in [0, 0.05) is 12.0 Å². The van der Waals surface area contributed by atoms with E-state index < -0.39 is 34.9 Å². The van der Waals surface area contributed by atoms with Crippen LogP contribution in [0.15, 0.2) is 42.5 Å². The van der Waals surface area contributed by atoms with Crippen molar-refractivity contribution in [2.75, 3.05) is 19.7 Å². The fourth-order valence-electron chi connectivity index (χ4n) is 4.77. The topological polar surface area (TPSA) is 134 Å². The molecular formula is C23H23N3O5. The molecule has 2 aromatic rings. The molecule has 1 aliphatic carbocycles. The van der Waals surface area contributed by atoms with Crippen LogP contribution >= 0.6 is 0 Å². The molecule has 2 aromatic carbocycles. The van der Waals surface area contributed by atoms with Crippen LogP contribution in [0.3, 0.4) is 0 Å². The number of benzene rings is 2. The van der Waals surface area contributed by atoms with Gasteiger partial charge in [-0.1, -0.05) is 36.4 Å². The molecule has 8 nitrogen and oxygen atoms in total. The molecule has 8 heteroatoms. The lowest BCUT2D eigenvalue weighted by Gasteiger charge is -2.28. The molecule has 3 aliphatic rings. The number of rotatable bonds is 5. The zero-order valence-electron chi connectivity index (χ0n) is 16.9. The molecule has 1 amide bonds. The Bertz CT molecular complexity index is 1120. The summed E-state index contributed by atoms with van der Waals surface area (Å²) in [5, 5.41) is 2.93. The van der Waals surface area contributed by atoms with Crippen molar-refractivity contribution in [2.45, 2.75) is 30.3 Å². The molecule has 160 valence electrons. The molecule has 0 saturated carbocycles. The summed E-state index contributed by atoms with van der Waals surface area (Å²) in [7, 11) is 0. The second-order valence-electron chi connectivity index (χ2n) is 8.33. The van der Waals surface area contributed by atoms with Crippen LogP contribution in [0.4, 0.5) is 0 Å². The number of Topliss-reactive ketones (excluding diaryl/α,β-unsaturated/α-hetero) is 2. The number of hydrogen-bond donors (Lipinski definition) is 3. The molecule has 2 heterocycles. The van der Waals surface area contributed by atoms with E-state index >= 15 is 0 Å². The first-order valence-electron chi connectivity index (χ1n) is 10.2. The second kappa shape index (κ2) is 7.06. The quantitative estimate of drug-likeness (QED) is 0.398. The van der Waals surface area contributed by atoms with Crippen molar-refractivity contribution in [3.8, 4) is 11.1 Å². The standard InChI is InChI=1S/C23H23N3O5/c24-10-19(27)23(12-30-22(31-23)9-18(21(25)29)26-11-22)20(28)15-6-5-14-7-13-3-1-2-4-16(13)17(14)8-15/h1-6,8,18,26H,7,9-12,24H2,(H2,25,29). The molecule has 3 atom stereocenters. The molecule has 31 heavy (non-hydrogen) atoms. The zero-order chi connectivity index (χ0) is 21.8. The first-order chi connectivity index (χ1) is 14.9. The molecule has 2 aliphatic heterocycles. The molecule has 5 N–H and O–H groups in total. The fourth-order valence-corrected chi connectivity index (χ4v) is 4.77. The van der Waals surface area contributed by atoms with Crippen LogP contribution in [-0.2, 0) is 25.5 Å².